The fourth-order valence-electron chi connectivity index (χ4n) is 5.37. The number of hydrogen-bond acceptors (Lipinski definition) is 4. The molecule has 0 spiro atoms. The van der Waals surface area contributed by atoms with Crippen LogP contribution >= 0.6 is 11.8 Å². The molecule has 1 saturated heterocycles. The highest BCUT2D eigenvalue weighted by molar-refractivity contribution is 8.00. The van der Waals surface area contributed by atoms with Gasteiger partial charge >= 0.3 is 23.3 Å². The standard InChI is InChI=1S/C21H25S2.C4HF9O3S/c1-2-10-23(9-1)20-8-6-16-13-19(7-5-17(16)14-20)22-21-12-15-3-4-18(21)11-15;5-1(6,3(9,10)11)2(7,8)4(12,13)17(14,15)16/h5-8,13-15,18,21H,1-4,9-12H2;(H,14,15,16)/q+1;/p-1. The Balaban J connectivity index is 0.000000196. The molecule has 40 heavy (non-hydrogen) atoms. The molecule has 3 nitrogen and oxygen atoms in total. The third-order valence-corrected chi connectivity index (χ3v) is 12.3. The molecule has 2 aromatic rings. The SMILES string of the molecule is O=S(=O)([O-])C(F)(F)C(F)(F)C(F)(F)C(F)(F)F.c1cc2cc([S+]3CCCC3)ccc2cc1SC1CC2CCC1C2. The number of halogens is 9. The highest BCUT2D eigenvalue weighted by atomic mass is 32.2. The summed E-state index contributed by atoms with van der Waals surface area (Å²) in [5.74, 6) is -9.92. The normalized spacial score (nSPS) is 24.4. The van der Waals surface area contributed by atoms with Crippen LogP contribution in [0.25, 0.3) is 10.8 Å². The minimum absolute atomic E-state index is 0.538. The van der Waals surface area contributed by atoms with Crippen LogP contribution < -0.4 is 0 Å². The van der Waals surface area contributed by atoms with Crippen LogP contribution in [0.15, 0.2) is 46.2 Å². The van der Waals surface area contributed by atoms with Crippen LogP contribution in [0.5, 0.6) is 0 Å². The van der Waals surface area contributed by atoms with Crippen LogP contribution in [0.2, 0.25) is 0 Å². The molecule has 224 valence electrons. The highest BCUT2D eigenvalue weighted by Crippen LogP contribution is 2.54. The second-order valence-corrected chi connectivity index (χ2v) is 15.2. The predicted molar refractivity (Wildman–Crippen MR) is 134 cm³/mol. The topological polar surface area (TPSA) is 57.2 Å². The van der Waals surface area contributed by atoms with Gasteiger partial charge in [-0.2, -0.15) is 39.5 Å². The van der Waals surface area contributed by atoms with Crippen molar-refractivity contribution >= 4 is 43.5 Å². The van der Waals surface area contributed by atoms with Gasteiger partial charge in [0.15, 0.2) is 15.0 Å². The Morgan fingerprint density at radius 1 is 0.800 bits per heavy atom. The second kappa shape index (κ2) is 11.1. The van der Waals surface area contributed by atoms with Gasteiger partial charge in [-0.05, 0) is 79.0 Å². The largest absolute Gasteiger partial charge is 0.743 e. The van der Waals surface area contributed by atoms with Crippen LogP contribution in [0, 0.1) is 11.8 Å². The average Bonchev–Trinajstić information content (AvgIpc) is 3.62. The zero-order valence-electron chi connectivity index (χ0n) is 20.7. The first-order valence-electron chi connectivity index (χ1n) is 12.4. The fourth-order valence-corrected chi connectivity index (χ4v) is 9.64. The van der Waals surface area contributed by atoms with Crippen molar-refractivity contribution in [3.63, 3.8) is 0 Å². The molecule has 0 aromatic heterocycles. The zero-order chi connectivity index (χ0) is 29.7. The van der Waals surface area contributed by atoms with Crippen LogP contribution in [0.3, 0.4) is 0 Å². The molecule has 2 bridgehead atoms. The van der Waals surface area contributed by atoms with Crippen molar-refractivity contribution < 1.29 is 52.5 Å². The van der Waals surface area contributed by atoms with Gasteiger partial charge in [0.1, 0.15) is 11.5 Å². The lowest BCUT2D eigenvalue weighted by molar-refractivity contribution is -0.382. The first-order chi connectivity index (χ1) is 18.3. The Labute approximate surface area is 232 Å². The summed E-state index contributed by atoms with van der Waals surface area (Å²) in [6.07, 6.45) is 1.67. The Morgan fingerprint density at radius 2 is 1.40 bits per heavy atom. The Hall–Kier alpha value is -1.32. The van der Waals surface area contributed by atoms with Crippen molar-refractivity contribution in [3.8, 4) is 0 Å². The smallest absolute Gasteiger partial charge is 0.460 e. The lowest BCUT2D eigenvalue weighted by Gasteiger charge is -2.34. The first kappa shape index (κ1) is 31.6. The van der Waals surface area contributed by atoms with Crippen LogP contribution in [0.4, 0.5) is 39.5 Å². The van der Waals surface area contributed by atoms with Gasteiger partial charge in [-0.25, -0.2) is 8.42 Å². The minimum Gasteiger partial charge on any atom is -0.743 e. The summed E-state index contributed by atoms with van der Waals surface area (Å²) in [7, 11) is -6.88. The first-order valence-corrected chi connectivity index (χ1v) is 16.2. The summed E-state index contributed by atoms with van der Waals surface area (Å²) in [4.78, 5) is 3.09. The van der Waals surface area contributed by atoms with E-state index >= 15 is 0 Å². The van der Waals surface area contributed by atoms with E-state index in [2.05, 4.69) is 48.2 Å². The summed E-state index contributed by atoms with van der Waals surface area (Å²) >= 11 is 2.16. The van der Waals surface area contributed by atoms with Crippen molar-refractivity contribution in [2.75, 3.05) is 11.5 Å². The van der Waals surface area contributed by atoms with Gasteiger partial charge in [0.25, 0.3) is 0 Å². The van der Waals surface area contributed by atoms with Crippen molar-refractivity contribution in [3.05, 3.63) is 36.4 Å². The van der Waals surface area contributed by atoms with E-state index in [9.17, 15) is 52.5 Å². The third kappa shape index (κ3) is 5.94. The summed E-state index contributed by atoms with van der Waals surface area (Å²) in [6, 6.07) is 14.4. The maximum atomic E-state index is 12.2. The molecule has 2 saturated carbocycles. The minimum atomic E-state index is -7.43. The number of alkyl halides is 9. The summed E-state index contributed by atoms with van der Waals surface area (Å²) in [5, 5.41) is -3.34. The molecule has 1 heterocycles. The Bertz CT molecular complexity index is 1330. The van der Waals surface area contributed by atoms with E-state index in [0.717, 1.165) is 17.1 Å². The van der Waals surface area contributed by atoms with Gasteiger partial charge < -0.3 is 4.55 Å². The molecular formula is C25H25F9O3S3. The van der Waals surface area contributed by atoms with Crippen LogP contribution in [-0.2, 0) is 21.0 Å². The Morgan fingerprint density at radius 3 is 1.93 bits per heavy atom. The van der Waals surface area contributed by atoms with E-state index in [1.165, 1.54) is 65.7 Å². The lowest BCUT2D eigenvalue weighted by Crippen LogP contribution is -2.63. The molecule has 15 heteroatoms. The number of hydrogen-bond donors (Lipinski definition) is 0. The molecule has 3 aliphatic rings. The predicted octanol–water partition coefficient (Wildman–Crippen LogP) is 7.85. The number of fused-ring (bicyclic) bond motifs is 3. The molecule has 0 amide bonds. The van der Waals surface area contributed by atoms with Gasteiger partial charge in [0.05, 0.1) is 0 Å². The molecular weight excluding hydrogens is 615 g/mol. The molecule has 3 unspecified atom stereocenters. The van der Waals surface area contributed by atoms with Crippen molar-refractivity contribution in [2.24, 2.45) is 11.8 Å². The molecule has 2 aromatic carbocycles. The van der Waals surface area contributed by atoms with Gasteiger partial charge in [0.2, 0.25) is 0 Å². The molecule has 5 rings (SSSR count). The van der Waals surface area contributed by atoms with Crippen molar-refractivity contribution in [1.82, 2.24) is 0 Å². The van der Waals surface area contributed by atoms with Crippen LogP contribution in [-0.4, -0.2) is 53.0 Å². The van der Waals surface area contributed by atoms with Crippen molar-refractivity contribution in [1.29, 1.82) is 0 Å². The van der Waals surface area contributed by atoms with Crippen molar-refractivity contribution in [2.45, 2.75) is 76.8 Å². The molecule has 3 atom stereocenters. The van der Waals surface area contributed by atoms with E-state index in [4.69, 9.17) is 0 Å². The second-order valence-electron chi connectivity index (χ2n) is 10.2. The Kier molecular flexibility index (Phi) is 8.75. The van der Waals surface area contributed by atoms with E-state index < -0.39 is 33.4 Å². The van der Waals surface area contributed by atoms with Gasteiger partial charge in [-0.1, -0.05) is 12.5 Å². The summed E-state index contributed by atoms with van der Waals surface area (Å²) in [6.45, 7) is 0. The zero-order valence-corrected chi connectivity index (χ0v) is 23.2. The quantitative estimate of drug-likeness (QED) is 0.183. The van der Waals surface area contributed by atoms with E-state index in [-0.39, 0.29) is 0 Å². The fraction of sp³-hybridized carbons (Fsp3) is 0.600. The lowest BCUT2D eigenvalue weighted by atomic mass is 10.0. The third-order valence-electron chi connectivity index (χ3n) is 7.54. The van der Waals surface area contributed by atoms with Gasteiger partial charge in [-0.3, -0.25) is 0 Å². The molecule has 0 radical (unpaired) electrons. The number of thioether (sulfide) groups is 1. The van der Waals surface area contributed by atoms with E-state index in [1.54, 1.807) is 4.90 Å². The van der Waals surface area contributed by atoms with Crippen LogP contribution in [0.1, 0.15) is 38.5 Å². The average molecular weight is 641 g/mol. The van der Waals surface area contributed by atoms with E-state index in [1.807, 2.05) is 0 Å². The number of rotatable bonds is 6. The summed E-state index contributed by atoms with van der Waals surface area (Å²) in [5.41, 5.74) is 0. The molecule has 2 aliphatic carbocycles. The molecule has 1 aliphatic heterocycles. The van der Waals surface area contributed by atoms with E-state index in [0.29, 0.717) is 10.9 Å². The van der Waals surface area contributed by atoms with Gasteiger partial charge in [0, 0.05) is 27.1 Å². The summed E-state index contributed by atoms with van der Waals surface area (Å²) < 4.78 is 135. The highest BCUT2D eigenvalue weighted by Gasteiger charge is 2.83. The monoisotopic (exact) mass is 640 g/mol. The molecule has 0 N–H and O–H groups in total. The molecule has 3 fully saturated rings. The van der Waals surface area contributed by atoms with Gasteiger partial charge in [-0.15, -0.1) is 11.8 Å². The number of benzene rings is 2. The maximum Gasteiger partial charge on any atom is 0.460 e. The maximum absolute atomic E-state index is 12.2.